The summed E-state index contributed by atoms with van der Waals surface area (Å²) in [5.74, 6) is -1.17. The molecule has 1 aromatic heterocycles. The highest BCUT2D eigenvalue weighted by Crippen LogP contribution is 2.18. The van der Waals surface area contributed by atoms with E-state index in [1.807, 2.05) is 0 Å². The highest BCUT2D eigenvalue weighted by Gasteiger charge is 2.15. The average Bonchev–Trinajstić information content (AvgIpc) is 2.77. The number of carbonyl (C=O) groups excluding carboxylic acids is 3. The summed E-state index contributed by atoms with van der Waals surface area (Å²) in [7, 11) is 1.27. The van der Waals surface area contributed by atoms with Crippen LogP contribution in [0, 0.1) is 0 Å². The van der Waals surface area contributed by atoms with E-state index in [9.17, 15) is 19.2 Å². The lowest BCUT2D eigenvalue weighted by atomic mass is 10.2. The van der Waals surface area contributed by atoms with Gasteiger partial charge in [0.2, 0.25) is 5.91 Å². The molecule has 0 radical (unpaired) electrons. The van der Waals surface area contributed by atoms with Gasteiger partial charge in [0.05, 0.1) is 30.2 Å². The number of carbonyl (C=O) groups is 3. The molecule has 0 saturated carbocycles. The number of nitrogens with zero attached hydrogens (tertiary/aromatic N) is 2. The largest absolute Gasteiger partial charge is 0.469 e. The summed E-state index contributed by atoms with van der Waals surface area (Å²) in [6, 6.07) is 14.9. The fourth-order valence-electron chi connectivity index (χ4n) is 2.74. The third-order valence-corrected chi connectivity index (χ3v) is 5.19. The van der Waals surface area contributed by atoms with Crippen LogP contribution in [0.3, 0.4) is 0 Å². The lowest BCUT2D eigenvalue weighted by Gasteiger charge is -2.12. The Labute approximate surface area is 181 Å². The van der Waals surface area contributed by atoms with Gasteiger partial charge in [-0.1, -0.05) is 42.1 Å². The molecule has 3 rings (SSSR count). The third kappa shape index (κ3) is 5.92. The molecule has 31 heavy (non-hydrogen) atoms. The molecular weight excluding hydrogens is 420 g/mol. The third-order valence-electron chi connectivity index (χ3n) is 4.21. The molecule has 0 aliphatic heterocycles. The summed E-state index contributed by atoms with van der Waals surface area (Å²) in [5, 5.41) is 5.46. The number of hydrogen-bond acceptors (Lipinski definition) is 7. The number of imide groups is 1. The molecular formula is C21H20N4O5S. The minimum atomic E-state index is -0.661. The van der Waals surface area contributed by atoms with Crippen LogP contribution in [0.25, 0.3) is 10.9 Å². The number of fused-ring (bicyclic) bond motifs is 1. The maximum absolute atomic E-state index is 12.9. The number of rotatable bonds is 7. The Morgan fingerprint density at radius 1 is 1.06 bits per heavy atom. The van der Waals surface area contributed by atoms with Crippen LogP contribution in [-0.4, -0.2) is 40.3 Å². The van der Waals surface area contributed by atoms with Gasteiger partial charge in [-0.3, -0.25) is 24.3 Å². The van der Waals surface area contributed by atoms with Crippen molar-refractivity contribution < 1.29 is 19.1 Å². The van der Waals surface area contributed by atoms with Crippen LogP contribution in [0.4, 0.5) is 10.5 Å². The lowest BCUT2D eigenvalue weighted by Crippen LogP contribution is -2.35. The number of anilines is 1. The number of benzene rings is 2. The maximum atomic E-state index is 12.9. The molecule has 2 N–H and O–H groups in total. The molecule has 2 aromatic carbocycles. The van der Waals surface area contributed by atoms with Gasteiger partial charge in [-0.05, 0) is 24.3 Å². The zero-order valence-corrected chi connectivity index (χ0v) is 17.5. The molecule has 0 unspecified atom stereocenters. The van der Waals surface area contributed by atoms with Gasteiger partial charge in [-0.15, -0.1) is 0 Å². The minimum absolute atomic E-state index is 0.0182. The molecule has 3 amide bonds. The quantitative estimate of drug-likeness (QED) is 0.329. The van der Waals surface area contributed by atoms with E-state index in [1.165, 1.54) is 11.7 Å². The van der Waals surface area contributed by atoms with Gasteiger partial charge < -0.3 is 10.1 Å². The summed E-state index contributed by atoms with van der Waals surface area (Å²) in [6.07, 6.45) is -0.0182. The molecule has 0 fully saturated rings. The van der Waals surface area contributed by atoms with Crippen molar-refractivity contribution in [2.45, 2.75) is 18.1 Å². The molecule has 160 valence electrons. The van der Waals surface area contributed by atoms with Crippen LogP contribution < -0.4 is 16.2 Å². The summed E-state index contributed by atoms with van der Waals surface area (Å²) in [5.41, 5.74) is 0.707. The number of esters is 1. The summed E-state index contributed by atoms with van der Waals surface area (Å²) >= 11 is 0.999. The van der Waals surface area contributed by atoms with E-state index in [2.05, 4.69) is 20.4 Å². The van der Waals surface area contributed by atoms with Crippen molar-refractivity contribution in [1.82, 2.24) is 14.9 Å². The van der Waals surface area contributed by atoms with E-state index in [0.717, 1.165) is 11.8 Å². The second-order valence-electron chi connectivity index (χ2n) is 6.35. The summed E-state index contributed by atoms with van der Waals surface area (Å²) in [4.78, 5) is 53.0. The standard InChI is InChI=1S/C21H20N4O5S/c1-30-18(27)11-12-25-19(28)15-9-5-6-10-16(15)23-21(25)31-13-17(26)24-20(29)22-14-7-3-2-4-8-14/h2-10H,11-13H2,1H3,(H2,22,24,26,29). The second-order valence-corrected chi connectivity index (χ2v) is 7.29. The number of urea groups is 1. The Kier molecular flexibility index (Phi) is 7.39. The van der Waals surface area contributed by atoms with Crippen molar-refractivity contribution >= 4 is 46.3 Å². The first kappa shape index (κ1) is 22.0. The van der Waals surface area contributed by atoms with Gasteiger partial charge in [0, 0.05) is 12.2 Å². The second kappa shape index (κ2) is 10.4. The van der Waals surface area contributed by atoms with E-state index in [0.29, 0.717) is 16.6 Å². The van der Waals surface area contributed by atoms with Crippen molar-refractivity contribution in [2.24, 2.45) is 0 Å². The van der Waals surface area contributed by atoms with Crippen LogP contribution in [0.1, 0.15) is 6.42 Å². The maximum Gasteiger partial charge on any atom is 0.325 e. The zero-order valence-electron chi connectivity index (χ0n) is 16.7. The fraction of sp³-hybridized carbons (Fsp3) is 0.190. The summed E-state index contributed by atoms with van der Waals surface area (Å²) in [6.45, 7) is 0.0573. The molecule has 0 spiro atoms. The normalized spacial score (nSPS) is 10.5. The molecule has 10 heteroatoms. The predicted octanol–water partition coefficient (Wildman–Crippen LogP) is 2.40. The predicted molar refractivity (Wildman–Crippen MR) is 117 cm³/mol. The van der Waals surface area contributed by atoms with Gasteiger partial charge in [0.15, 0.2) is 5.16 Å². The first-order valence-electron chi connectivity index (χ1n) is 9.33. The SMILES string of the molecule is COC(=O)CCn1c(SCC(=O)NC(=O)Nc2ccccc2)nc2ccccc2c1=O. The Bertz CT molecular complexity index is 1160. The Morgan fingerprint density at radius 3 is 2.52 bits per heavy atom. The van der Waals surface area contributed by atoms with Crippen LogP contribution in [0.2, 0.25) is 0 Å². The minimum Gasteiger partial charge on any atom is -0.469 e. The number of aromatic nitrogens is 2. The molecule has 3 aromatic rings. The first-order chi connectivity index (χ1) is 15.0. The van der Waals surface area contributed by atoms with Gasteiger partial charge in [0.25, 0.3) is 5.56 Å². The molecule has 0 atom stereocenters. The number of amides is 3. The van der Waals surface area contributed by atoms with E-state index in [-0.39, 0.29) is 29.4 Å². The summed E-state index contributed by atoms with van der Waals surface area (Å²) < 4.78 is 5.97. The van der Waals surface area contributed by atoms with Crippen molar-refractivity contribution in [3.05, 3.63) is 65.0 Å². The highest BCUT2D eigenvalue weighted by molar-refractivity contribution is 7.99. The number of hydrogen-bond donors (Lipinski definition) is 2. The average molecular weight is 440 g/mol. The van der Waals surface area contributed by atoms with Crippen molar-refractivity contribution in [2.75, 3.05) is 18.2 Å². The van der Waals surface area contributed by atoms with Crippen molar-refractivity contribution in [3.63, 3.8) is 0 Å². The van der Waals surface area contributed by atoms with Crippen LogP contribution in [-0.2, 0) is 20.9 Å². The van der Waals surface area contributed by atoms with Crippen LogP contribution in [0.15, 0.2) is 64.5 Å². The van der Waals surface area contributed by atoms with E-state index in [4.69, 9.17) is 0 Å². The molecule has 0 aliphatic carbocycles. The van der Waals surface area contributed by atoms with E-state index < -0.39 is 17.9 Å². The van der Waals surface area contributed by atoms with Gasteiger partial charge in [-0.2, -0.15) is 0 Å². The van der Waals surface area contributed by atoms with Crippen LogP contribution >= 0.6 is 11.8 Å². The van der Waals surface area contributed by atoms with Gasteiger partial charge in [0.1, 0.15) is 0 Å². The molecule has 0 aliphatic rings. The van der Waals surface area contributed by atoms with E-state index in [1.54, 1.807) is 54.6 Å². The van der Waals surface area contributed by atoms with Gasteiger partial charge >= 0.3 is 12.0 Å². The molecule has 1 heterocycles. The Balaban J connectivity index is 1.72. The molecule has 9 nitrogen and oxygen atoms in total. The number of thioether (sulfide) groups is 1. The van der Waals surface area contributed by atoms with E-state index >= 15 is 0 Å². The van der Waals surface area contributed by atoms with Crippen LogP contribution in [0.5, 0.6) is 0 Å². The Hall–Kier alpha value is -3.66. The smallest absolute Gasteiger partial charge is 0.325 e. The Morgan fingerprint density at radius 2 is 1.77 bits per heavy atom. The lowest BCUT2D eigenvalue weighted by molar-refractivity contribution is -0.140. The number of ether oxygens (including phenoxy) is 1. The first-order valence-corrected chi connectivity index (χ1v) is 10.3. The highest BCUT2D eigenvalue weighted by atomic mass is 32.2. The van der Waals surface area contributed by atoms with Crippen molar-refractivity contribution in [3.8, 4) is 0 Å². The van der Waals surface area contributed by atoms with Crippen molar-refractivity contribution in [1.29, 1.82) is 0 Å². The van der Waals surface area contributed by atoms with Gasteiger partial charge in [-0.25, -0.2) is 9.78 Å². The number of para-hydroxylation sites is 2. The zero-order chi connectivity index (χ0) is 22.2. The monoisotopic (exact) mass is 440 g/mol. The number of nitrogens with one attached hydrogen (secondary N) is 2. The topological polar surface area (TPSA) is 119 Å². The molecule has 0 saturated heterocycles. The fourth-order valence-corrected chi connectivity index (χ4v) is 3.56. The molecule has 0 bridgehead atoms. The number of methoxy groups -OCH3 is 1.